The van der Waals surface area contributed by atoms with Gasteiger partial charge < -0.3 is 14.8 Å². The molecule has 128 valence electrons. The summed E-state index contributed by atoms with van der Waals surface area (Å²) in [4.78, 5) is 12.2. The van der Waals surface area contributed by atoms with Crippen LogP contribution in [0.3, 0.4) is 0 Å². The molecule has 4 atom stereocenters. The van der Waals surface area contributed by atoms with Crippen LogP contribution in [0.4, 0.5) is 4.79 Å². The maximum Gasteiger partial charge on any atom is 0.408 e. The van der Waals surface area contributed by atoms with E-state index in [1.54, 1.807) is 0 Å². The predicted octanol–water partition coefficient (Wildman–Crippen LogP) is 4.35. The number of ether oxygens (including phenoxy) is 2. The lowest BCUT2D eigenvalue weighted by atomic mass is 9.87. The summed E-state index contributed by atoms with van der Waals surface area (Å²) in [5.74, 6) is 1.19. The molecule has 1 amide bonds. The van der Waals surface area contributed by atoms with Gasteiger partial charge in [0.15, 0.2) is 0 Å². The molecule has 2 aromatic carbocycles. The highest BCUT2D eigenvalue weighted by Crippen LogP contribution is 2.42. The van der Waals surface area contributed by atoms with Gasteiger partial charge in [-0.05, 0) is 24.6 Å². The van der Waals surface area contributed by atoms with Crippen LogP contribution in [0.5, 0.6) is 5.75 Å². The third kappa shape index (κ3) is 3.25. The molecule has 0 radical (unpaired) electrons. The molecular formula is C21H21NO3. The van der Waals surface area contributed by atoms with E-state index in [9.17, 15) is 4.79 Å². The highest BCUT2D eigenvalue weighted by Gasteiger charge is 2.37. The van der Waals surface area contributed by atoms with E-state index in [-0.39, 0.29) is 24.2 Å². The minimum absolute atomic E-state index is 0.0340. The number of hydrogen-bond acceptors (Lipinski definition) is 3. The molecule has 4 nitrogen and oxygen atoms in total. The topological polar surface area (TPSA) is 47.6 Å². The summed E-state index contributed by atoms with van der Waals surface area (Å²) in [6.45, 7) is 1.94. The highest BCUT2D eigenvalue weighted by atomic mass is 16.6. The number of fused-ring (bicyclic) bond motifs is 3. The number of hydrogen-bond donors (Lipinski definition) is 1. The molecule has 3 unspecified atom stereocenters. The lowest BCUT2D eigenvalue weighted by Crippen LogP contribution is -2.35. The van der Waals surface area contributed by atoms with Crippen LogP contribution in [0.25, 0.3) is 0 Å². The molecule has 1 N–H and O–H groups in total. The van der Waals surface area contributed by atoms with Gasteiger partial charge in [0.25, 0.3) is 0 Å². The maximum atomic E-state index is 12.2. The number of nitrogens with one attached hydrogen (secondary N) is 1. The summed E-state index contributed by atoms with van der Waals surface area (Å²) in [5.41, 5.74) is 2.26. The molecule has 1 aliphatic carbocycles. The first kappa shape index (κ1) is 15.8. The van der Waals surface area contributed by atoms with Crippen LogP contribution in [0.15, 0.2) is 66.7 Å². The van der Waals surface area contributed by atoms with Crippen molar-refractivity contribution >= 4 is 6.09 Å². The number of rotatable bonds is 3. The number of carbonyl (C=O) groups is 1. The molecule has 0 spiro atoms. The smallest absolute Gasteiger partial charge is 0.408 e. The largest absolute Gasteiger partial charge is 0.489 e. The van der Waals surface area contributed by atoms with E-state index >= 15 is 0 Å². The number of alkyl carbamates (subject to hydrolysis) is 1. The first-order valence-electron chi connectivity index (χ1n) is 8.67. The summed E-state index contributed by atoms with van der Waals surface area (Å²) >= 11 is 0. The van der Waals surface area contributed by atoms with Gasteiger partial charge in [0.1, 0.15) is 18.0 Å². The van der Waals surface area contributed by atoms with Crippen molar-refractivity contribution in [3.63, 3.8) is 0 Å². The average Bonchev–Trinajstić information content (AvgIpc) is 3.00. The number of amides is 1. The summed E-state index contributed by atoms with van der Waals surface area (Å²) in [6.07, 6.45) is 4.10. The molecule has 0 bridgehead atoms. The van der Waals surface area contributed by atoms with Crippen molar-refractivity contribution < 1.29 is 14.3 Å². The van der Waals surface area contributed by atoms with Gasteiger partial charge in [0, 0.05) is 17.9 Å². The second kappa shape index (κ2) is 6.63. The van der Waals surface area contributed by atoms with Crippen molar-refractivity contribution in [3.05, 3.63) is 77.9 Å². The summed E-state index contributed by atoms with van der Waals surface area (Å²) in [5, 5.41) is 2.88. The molecule has 4 rings (SSSR count). The van der Waals surface area contributed by atoms with E-state index in [2.05, 4.69) is 17.5 Å². The Morgan fingerprint density at radius 2 is 1.88 bits per heavy atom. The van der Waals surface area contributed by atoms with Crippen molar-refractivity contribution in [1.82, 2.24) is 5.32 Å². The number of benzene rings is 2. The standard InChI is InChI=1S/C21H21NO3/c1-14(15-7-3-2-4-8-15)22-21(23)24-16-11-12-18-17-9-5-6-10-19(17)25-20(18)13-16/h2-12,14,16,18,20H,13H2,1H3,(H,22,23)/t14?,16-,18?,20?/m0/s1. The molecule has 0 saturated heterocycles. The van der Waals surface area contributed by atoms with Crippen LogP contribution in [-0.2, 0) is 4.74 Å². The zero-order valence-corrected chi connectivity index (χ0v) is 14.1. The second-order valence-electron chi connectivity index (χ2n) is 6.56. The summed E-state index contributed by atoms with van der Waals surface area (Å²) in [7, 11) is 0. The zero-order valence-electron chi connectivity index (χ0n) is 14.1. The van der Waals surface area contributed by atoms with E-state index in [4.69, 9.17) is 9.47 Å². The lowest BCUT2D eigenvalue weighted by molar-refractivity contribution is 0.0797. The Kier molecular flexibility index (Phi) is 4.18. The molecule has 4 heteroatoms. The van der Waals surface area contributed by atoms with Crippen molar-refractivity contribution in [2.75, 3.05) is 0 Å². The molecule has 0 aromatic heterocycles. The Hall–Kier alpha value is -2.75. The number of para-hydroxylation sites is 1. The highest BCUT2D eigenvalue weighted by molar-refractivity contribution is 5.68. The Morgan fingerprint density at radius 1 is 1.12 bits per heavy atom. The van der Waals surface area contributed by atoms with E-state index in [0.29, 0.717) is 6.42 Å². The molecule has 1 heterocycles. The van der Waals surface area contributed by atoms with Crippen molar-refractivity contribution in [2.24, 2.45) is 0 Å². The Balaban J connectivity index is 1.36. The van der Waals surface area contributed by atoms with Gasteiger partial charge in [0.2, 0.25) is 0 Å². The van der Waals surface area contributed by atoms with Crippen LogP contribution in [0.1, 0.15) is 36.4 Å². The van der Waals surface area contributed by atoms with Gasteiger partial charge in [-0.3, -0.25) is 0 Å². The second-order valence-corrected chi connectivity index (χ2v) is 6.56. The first-order chi connectivity index (χ1) is 12.2. The average molecular weight is 335 g/mol. The normalized spacial score (nSPS) is 24.6. The molecule has 1 aliphatic heterocycles. The van der Waals surface area contributed by atoms with Gasteiger partial charge >= 0.3 is 6.09 Å². The van der Waals surface area contributed by atoms with Crippen LogP contribution >= 0.6 is 0 Å². The van der Waals surface area contributed by atoms with E-state index in [1.165, 1.54) is 5.56 Å². The Bertz CT molecular complexity index is 787. The van der Waals surface area contributed by atoms with Gasteiger partial charge in [-0.2, -0.15) is 0 Å². The summed E-state index contributed by atoms with van der Waals surface area (Å²) in [6, 6.07) is 17.8. The maximum absolute atomic E-state index is 12.2. The van der Waals surface area contributed by atoms with Gasteiger partial charge in [-0.1, -0.05) is 54.6 Å². The minimum atomic E-state index is -0.403. The van der Waals surface area contributed by atoms with E-state index in [1.807, 2.05) is 61.5 Å². The predicted molar refractivity (Wildman–Crippen MR) is 95.6 cm³/mol. The molecule has 0 fully saturated rings. The van der Waals surface area contributed by atoms with E-state index in [0.717, 1.165) is 11.3 Å². The molecule has 2 aliphatic rings. The molecular weight excluding hydrogens is 314 g/mol. The van der Waals surface area contributed by atoms with Crippen LogP contribution in [-0.4, -0.2) is 18.3 Å². The first-order valence-corrected chi connectivity index (χ1v) is 8.67. The third-order valence-corrected chi connectivity index (χ3v) is 4.85. The zero-order chi connectivity index (χ0) is 17.2. The minimum Gasteiger partial charge on any atom is -0.489 e. The Morgan fingerprint density at radius 3 is 2.72 bits per heavy atom. The molecule has 0 saturated carbocycles. The SMILES string of the molecule is CC(NC(=O)O[C@H]1C=CC2c3ccccc3OC2C1)c1ccccc1. The fraction of sp³-hybridized carbons (Fsp3) is 0.286. The number of carbonyl (C=O) groups excluding carboxylic acids is 1. The van der Waals surface area contributed by atoms with Gasteiger partial charge in [-0.15, -0.1) is 0 Å². The fourth-order valence-corrected chi connectivity index (χ4v) is 3.53. The van der Waals surface area contributed by atoms with Gasteiger partial charge in [0.05, 0.1) is 6.04 Å². The van der Waals surface area contributed by atoms with Crippen LogP contribution in [0.2, 0.25) is 0 Å². The summed E-state index contributed by atoms with van der Waals surface area (Å²) < 4.78 is 11.6. The van der Waals surface area contributed by atoms with Crippen molar-refractivity contribution in [2.45, 2.75) is 37.5 Å². The third-order valence-electron chi connectivity index (χ3n) is 4.85. The quantitative estimate of drug-likeness (QED) is 0.849. The monoisotopic (exact) mass is 335 g/mol. The van der Waals surface area contributed by atoms with Crippen LogP contribution < -0.4 is 10.1 Å². The van der Waals surface area contributed by atoms with Crippen molar-refractivity contribution in [3.8, 4) is 5.75 Å². The Labute approximate surface area is 147 Å². The van der Waals surface area contributed by atoms with Gasteiger partial charge in [-0.25, -0.2) is 4.79 Å². The van der Waals surface area contributed by atoms with Crippen molar-refractivity contribution in [1.29, 1.82) is 0 Å². The molecule has 2 aromatic rings. The van der Waals surface area contributed by atoms with E-state index < -0.39 is 6.09 Å². The molecule has 25 heavy (non-hydrogen) atoms. The van der Waals surface area contributed by atoms with Crippen LogP contribution in [0, 0.1) is 0 Å². The fourth-order valence-electron chi connectivity index (χ4n) is 3.53. The lowest BCUT2D eigenvalue weighted by Gasteiger charge is -2.26.